The molecule has 7 heteroatoms. The second kappa shape index (κ2) is 8.85. The quantitative estimate of drug-likeness (QED) is 0.416. The van der Waals surface area contributed by atoms with Gasteiger partial charge in [0.15, 0.2) is 0 Å². The average molecular weight is 472 g/mol. The van der Waals surface area contributed by atoms with Crippen LogP contribution in [0.2, 0.25) is 5.02 Å². The summed E-state index contributed by atoms with van der Waals surface area (Å²) in [6.07, 6.45) is 6.40. The summed E-state index contributed by atoms with van der Waals surface area (Å²) in [7, 11) is 0. The lowest BCUT2D eigenvalue weighted by Crippen LogP contribution is -2.46. The summed E-state index contributed by atoms with van der Waals surface area (Å²) in [6.45, 7) is 1.02. The summed E-state index contributed by atoms with van der Waals surface area (Å²) in [4.78, 5) is 27.5. The minimum Gasteiger partial charge on any atom is -0.351 e. The van der Waals surface area contributed by atoms with Gasteiger partial charge in [-0.2, -0.15) is 4.98 Å². The molecule has 34 heavy (non-hydrogen) atoms. The van der Waals surface area contributed by atoms with E-state index in [9.17, 15) is 4.79 Å². The van der Waals surface area contributed by atoms with Crippen molar-refractivity contribution in [3.8, 4) is 11.1 Å². The molecule has 2 saturated heterocycles. The number of rotatable bonds is 5. The molecule has 2 bridgehead atoms. The van der Waals surface area contributed by atoms with Gasteiger partial charge in [0.2, 0.25) is 5.95 Å². The van der Waals surface area contributed by atoms with Crippen LogP contribution in [0.4, 0.5) is 5.95 Å². The number of aromatic amines is 1. The molecule has 2 N–H and O–H groups in total. The highest BCUT2D eigenvalue weighted by Gasteiger charge is 2.40. The Balaban J connectivity index is 1.19. The number of hydrogen-bond donors (Lipinski definition) is 2. The highest BCUT2D eigenvalue weighted by atomic mass is 35.5. The minimum atomic E-state index is -0.211. The van der Waals surface area contributed by atoms with Gasteiger partial charge in [0.05, 0.1) is 0 Å². The molecule has 2 atom stereocenters. The van der Waals surface area contributed by atoms with Crippen LogP contribution >= 0.6 is 11.6 Å². The normalized spacial score (nSPS) is 22.2. The van der Waals surface area contributed by atoms with Gasteiger partial charge in [-0.3, -0.25) is 9.69 Å². The number of fused-ring (bicyclic) bond motifs is 3. The first-order chi connectivity index (χ1) is 16.6. The van der Waals surface area contributed by atoms with Gasteiger partial charge in [-0.1, -0.05) is 60.1 Å². The van der Waals surface area contributed by atoms with Crippen LogP contribution in [-0.2, 0) is 6.54 Å². The van der Waals surface area contributed by atoms with Gasteiger partial charge >= 0.3 is 0 Å². The molecule has 4 aromatic rings. The van der Waals surface area contributed by atoms with Gasteiger partial charge in [-0.15, -0.1) is 0 Å². The van der Waals surface area contributed by atoms with Crippen LogP contribution in [0, 0.1) is 0 Å². The van der Waals surface area contributed by atoms with Crippen molar-refractivity contribution in [1.82, 2.24) is 19.9 Å². The Labute approximate surface area is 203 Å². The topological polar surface area (TPSA) is 73.9 Å². The third-order valence-electron chi connectivity index (χ3n) is 7.18. The second-order valence-electron chi connectivity index (χ2n) is 9.35. The number of hydrogen-bond acceptors (Lipinski definition) is 5. The largest absolute Gasteiger partial charge is 0.351 e. The predicted molar refractivity (Wildman–Crippen MR) is 136 cm³/mol. The third kappa shape index (κ3) is 4.08. The number of nitrogens with zero attached hydrogens (tertiary/aromatic N) is 3. The molecule has 6 nitrogen and oxygen atoms in total. The van der Waals surface area contributed by atoms with Crippen molar-refractivity contribution in [3.05, 3.63) is 87.8 Å². The van der Waals surface area contributed by atoms with E-state index in [0.717, 1.165) is 24.8 Å². The Morgan fingerprint density at radius 3 is 2.50 bits per heavy atom. The van der Waals surface area contributed by atoms with Crippen molar-refractivity contribution < 1.29 is 0 Å². The van der Waals surface area contributed by atoms with Crippen LogP contribution in [0.25, 0.3) is 22.2 Å². The maximum absolute atomic E-state index is 12.8. The van der Waals surface area contributed by atoms with Crippen LogP contribution in [0.3, 0.4) is 0 Å². The standard InChI is InChI=1S/C27H26ClN5O/c28-24-9-5-4-8-22(24)23-12-18-15-29-27(32-25(18)31-26(23)34)30-19-13-20-10-11-21(14-19)33(20)16-17-6-2-1-3-7-17/h1-9,12,15,19-21H,10-11,13-14,16H2,(H2,29,30,31,32,34). The number of H-pyrrole nitrogens is 1. The molecule has 2 aromatic heterocycles. The van der Waals surface area contributed by atoms with E-state index in [0.29, 0.717) is 45.9 Å². The first-order valence-electron chi connectivity index (χ1n) is 11.9. The van der Waals surface area contributed by atoms with Gasteiger partial charge in [0, 0.05) is 52.4 Å². The van der Waals surface area contributed by atoms with Gasteiger partial charge in [0.25, 0.3) is 5.56 Å². The van der Waals surface area contributed by atoms with E-state index in [1.54, 1.807) is 18.3 Å². The van der Waals surface area contributed by atoms with Crippen molar-refractivity contribution in [3.63, 3.8) is 0 Å². The first kappa shape index (κ1) is 21.3. The van der Waals surface area contributed by atoms with E-state index in [1.165, 1.54) is 18.4 Å². The maximum atomic E-state index is 12.8. The van der Waals surface area contributed by atoms with Crippen LogP contribution in [-0.4, -0.2) is 38.0 Å². The summed E-state index contributed by atoms with van der Waals surface area (Å²) < 4.78 is 0. The molecule has 0 radical (unpaired) electrons. The zero-order valence-electron chi connectivity index (χ0n) is 18.7. The summed E-state index contributed by atoms with van der Waals surface area (Å²) in [5.74, 6) is 0.564. The number of piperidine rings is 1. The molecule has 0 spiro atoms. The number of nitrogens with one attached hydrogen (secondary N) is 2. The smallest absolute Gasteiger partial charge is 0.257 e. The molecule has 2 aliphatic heterocycles. The zero-order valence-corrected chi connectivity index (χ0v) is 19.5. The minimum absolute atomic E-state index is 0.211. The van der Waals surface area contributed by atoms with Gasteiger partial charge < -0.3 is 10.3 Å². The fraction of sp³-hybridized carbons (Fsp3) is 0.296. The third-order valence-corrected chi connectivity index (χ3v) is 7.51. The number of benzene rings is 2. The van der Waals surface area contributed by atoms with Crippen molar-refractivity contribution in [1.29, 1.82) is 0 Å². The molecule has 4 heterocycles. The Hall–Kier alpha value is -3.22. The first-order valence-corrected chi connectivity index (χ1v) is 12.2. The molecule has 2 fully saturated rings. The summed E-state index contributed by atoms with van der Waals surface area (Å²) >= 11 is 6.30. The molecule has 2 unspecified atom stereocenters. The Morgan fingerprint density at radius 1 is 1.00 bits per heavy atom. The van der Waals surface area contributed by atoms with E-state index in [2.05, 4.69) is 55.5 Å². The molecule has 172 valence electrons. The van der Waals surface area contributed by atoms with Crippen molar-refractivity contribution in [2.24, 2.45) is 0 Å². The van der Waals surface area contributed by atoms with Crippen molar-refractivity contribution >= 4 is 28.6 Å². The molecule has 2 aromatic carbocycles. The Morgan fingerprint density at radius 2 is 1.74 bits per heavy atom. The number of anilines is 1. The van der Waals surface area contributed by atoms with E-state index < -0.39 is 0 Å². The number of aromatic nitrogens is 3. The molecule has 0 saturated carbocycles. The summed E-state index contributed by atoms with van der Waals surface area (Å²) in [5, 5.41) is 4.86. The van der Waals surface area contributed by atoms with E-state index in [1.807, 2.05) is 18.2 Å². The van der Waals surface area contributed by atoms with Gasteiger partial charge in [-0.05, 0) is 43.4 Å². The lowest BCUT2D eigenvalue weighted by molar-refractivity contribution is 0.124. The highest BCUT2D eigenvalue weighted by Crippen LogP contribution is 2.37. The lowest BCUT2D eigenvalue weighted by Gasteiger charge is -2.39. The van der Waals surface area contributed by atoms with Crippen molar-refractivity contribution in [2.45, 2.75) is 50.4 Å². The molecule has 2 aliphatic rings. The summed E-state index contributed by atoms with van der Waals surface area (Å²) in [6, 6.07) is 21.4. The predicted octanol–water partition coefficient (Wildman–Crippen LogP) is 5.25. The van der Waals surface area contributed by atoms with Crippen LogP contribution in [0.1, 0.15) is 31.2 Å². The van der Waals surface area contributed by atoms with E-state index in [-0.39, 0.29) is 5.56 Å². The maximum Gasteiger partial charge on any atom is 0.257 e. The van der Waals surface area contributed by atoms with E-state index in [4.69, 9.17) is 11.6 Å². The lowest BCUT2D eigenvalue weighted by atomic mass is 9.96. The highest BCUT2D eigenvalue weighted by molar-refractivity contribution is 6.33. The summed E-state index contributed by atoms with van der Waals surface area (Å²) in [5.41, 5.74) is 2.92. The average Bonchev–Trinajstić information content (AvgIpc) is 3.07. The number of halogens is 1. The molecular formula is C27H26ClN5O. The van der Waals surface area contributed by atoms with Crippen LogP contribution < -0.4 is 10.9 Å². The second-order valence-corrected chi connectivity index (χ2v) is 9.75. The Kier molecular flexibility index (Phi) is 5.55. The van der Waals surface area contributed by atoms with Gasteiger partial charge in [-0.25, -0.2) is 4.98 Å². The molecule has 0 amide bonds. The van der Waals surface area contributed by atoms with Crippen molar-refractivity contribution in [2.75, 3.05) is 5.32 Å². The fourth-order valence-electron chi connectivity index (χ4n) is 5.57. The van der Waals surface area contributed by atoms with Crippen LogP contribution in [0.5, 0.6) is 0 Å². The monoisotopic (exact) mass is 471 g/mol. The van der Waals surface area contributed by atoms with Gasteiger partial charge in [0.1, 0.15) is 5.65 Å². The SMILES string of the molecule is O=c1[nH]c2nc(NC3CC4CCC(C3)N4Cc3ccccc3)ncc2cc1-c1ccccc1Cl. The zero-order chi connectivity index (χ0) is 23.1. The molecular weight excluding hydrogens is 446 g/mol. The molecule has 0 aliphatic carbocycles. The molecule has 6 rings (SSSR count). The van der Waals surface area contributed by atoms with Crippen LogP contribution in [0.15, 0.2) is 71.7 Å². The van der Waals surface area contributed by atoms with E-state index >= 15 is 0 Å². The Bertz CT molecular complexity index is 1370. The number of pyridine rings is 1. The fourth-order valence-corrected chi connectivity index (χ4v) is 5.81.